The number of methoxy groups -OCH3 is 1. The van der Waals surface area contributed by atoms with Crippen molar-refractivity contribution in [1.29, 1.82) is 0 Å². The number of carbonyl (C=O) groups is 4. The summed E-state index contributed by atoms with van der Waals surface area (Å²) in [4.78, 5) is 58.7. The number of urea groups is 1. The van der Waals surface area contributed by atoms with Crippen LogP contribution in [0.15, 0.2) is 84.9 Å². The van der Waals surface area contributed by atoms with Gasteiger partial charge in [0, 0.05) is 100 Å². The molecule has 0 radical (unpaired) electrons. The molecule has 4 aliphatic heterocycles. The van der Waals surface area contributed by atoms with Crippen molar-refractivity contribution in [1.82, 2.24) is 25.3 Å². The van der Waals surface area contributed by atoms with Crippen LogP contribution in [0.1, 0.15) is 56.7 Å². The van der Waals surface area contributed by atoms with Gasteiger partial charge in [-0.3, -0.25) is 29.5 Å². The van der Waals surface area contributed by atoms with Crippen molar-refractivity contribution in [3.05, 3.63) is 113 Å². The van der Waals surface area contributed by atoms with Crippen molar-refractivity contribution in [2.75, 3.05) is 79.5 Å². The molecule has 4 aliphatic rings. The number of nitrogens with zero attached hydrogens (tertiary/aromatic N) is 6. The maximum absolute atomic E-state index is 14.5. The summed E-state index contributed by atoms with van der Waals surface area (Å²) >= 11 is 0. The second kappa shape index (κ2) is 18.4. The number of halogens is 3. The zero-order valence-corrected chi connectivity index (χ0v) is 36.5. The number of hydrogen-bond acceptors (Lipinski definition) is 10. The minimum atomic E-state index is -4.78. The normalized spacial score (nSPS) is 17.1. The minimum Gasteiger partial charge on any atom is -0.496 e. The van der Waals surface area contributed by atoms with E-state index in [1.54, 1.807) is 27.8 Å². The molecule has 66 heavy (non-hydrogen) atoms. The van der Waals surface area contributed by atoms with Crippen LogP contribution in [0.5, 0.6) is 5.75 Å². The molecule has 0 aliphatic carbocycles. The Balaban J connectivity index is 0.809. The number of para-hydroxylation sites is 1. The Labute approximate surface area is 379 Å². The monoisotopic (exact) mass is 904 g/mol. The summed E-state index contributed by atoms with van der Waals surface area (Å²) in [5.41, 5.74) is 9.84. The number of alkyl halides is 3. The van der Waals surface area contributed by atoms with E-state index < -0.39 is 30.1 Å². The number of ether oxygens (including phenoxy) is 1. The highest BCUT2D eigenvalue weighted by atomic mass is 19.4. The number of nitrogens with two attached hydrogens (primary N) is 1. The minimum absolute atomic E-state index is 0.0156. The van der Waals surface area contributed by atoms with E-state index in [-0.39, 0.29) is 39.9 Å². The number of amides is 5. The first-order valence-electron chi connectivity index (χ1n) is 22.2. The molecule has 3 saturated heterocycles. The highest BCUT2D eigenvalue weighted by Crippen LogP contribution is 2.39. The van der Waals surface area contributed by atoms with Crippen LogP contribution >= 0.6 is 0 Å². The van der Waals surface area contributed by atoms with E-state index >= 15 is 0 Å². The molecule has 1 aromatic heterocycles. The molecule has 0 unspecified atom stereocenters. The Morgan fingerprint density at radius 1 is 0.818 bits per heavy atom. The van der Waals surface area contributed by atoms with Gasteiger partial charge in [-0.2, -0.15) is 18.3 Å². The molecule has 4 aromatic carbocycles. The topological polar surface area (TPSA) is 170 Å². The lowest BCUT2D eigenvalue weighted by Gasteiger charge is -2.40. The number of aryl methyl sites for hydroxylation is 2. The third-order valence-corrected chi connectivity index (χ3v) is 13.1. The van der Waals surface area contributed by atoms with Crippen LogP contribution < -0.4 is 41.1 Å². The van der Waals surface area contributed by atoms with E-state index in [0.717, 1.165) is 93.0 Å². The van der Waals surface area contributed by atoms with Gasteiger partial charge in [0.25, 0.3) is 11.8 Å². The summed E-state index contributed by atoms with van der Waals surface area (Å²) in [5.74, 6) is -0.456. The number of piperazine rings is 1. The zero-order valence-electron chi connectivity index (χ0n) is 36.5. The molecule has 0 bridgehead atoms. The average molecular weight is 905 g/mol. The molecule has 3 fully saturated rings. The standard InChI is InChI=1S/C48H51F3N10O5/c1-66-40-5-3-2-4-37(40)46(64)53-28-33-7-6-32(27-38(33)48(49,50)51)43-42(44(52)63)45-54-39-13-12-36(26-31(39)16-21-61(45)56-43)59-24-22-57(23-25-59)29-30-14-18-58(19-15-30)34-8-10-35(11-9-34)60-20-17-41(62)55-47(60)65/h2-13,26-27,30,54H,14-25,28-29H2,1H3,(H2,52,63)(H,53,64)(H,55,62,65). The van der Waals surface area contributed by atoms with Gasteiger partial charge in [-0.1, -0.05) is 24.3 Å². The number of rotatable bonds is 11. The molecule has 0 saturated carbocycles. The number of anilines is 5. The first-order chi connectivity index (χ1) is 31.8. The molecule has 5 heterocycles. The van der Waals surface area contributed by atoms with Gasteiger partial charge >= 0.3 is 12.2 Å². The molecule has 0 atom stereocenters. The fraction of sp³-hybridized carbons (Fsp3) is 0.354. The smallest absolute Gasteiger partial charge is 0.416 e. The Hall–Kier alpha value is -7.08. The number of piperidine rings is 1. The molecule has 5 N–H and O–H groups in total. The Bertz CT molecular complexity index is 2650. The van der Waals surface area contributed by atoms with Gasteiger partial charge in [0.2, 0.25) is 5.91 Å². The van der Waals surface area contributed by atoms with Crippen LogP contribution in [-0.2, 0) is 30.5 Å². The number of fused-ring (bicyclic) bond motifs is 2. The number of imide groups is 1. The number of nitrogens with one attached hydrogen (secondary N) is 3. The van der Waals surface area contributed by atoms with Crippen LogP contribution in [0.25, 0.3) is 11.3 Å². The third kappa shape index (κ3) is 9.22. The zero-order chi connectivity index (χ0) is 46.1. The second-order valence-corrected chi connectivity index (χ2v) is 17.1. The Kier molecular flexibility index (Phi) is 12.3. The largest absolute Gasteiger partial charge is 0.496 e. The van der Waals surface area contributed by atoms with Crippen molar-refractivity contribution >= 4 is 52.3 Å². The molecule has 5 aromatic rings. The van der Waals surface area contributed by atoms with E-state index in [4.69, 9.17) is 10.5 Å². The van der Waals surface area contributed by atoms with E-state index in [1.165, 1.54) is 25.3 Å². The molecule has 0 spiro atoms. The molecule has 18 heteroatoms. The first kappa shape index (κ1) is 44.1. The molecule has 15 nitrogen and oxygen atoms in total. The summed E-state index contributed by atoms with van der Waals surface area (Å²) in [6, 6.07) is 23.9. The highest BCUT2D eigenvalue weighted by Gasteiger charge is 2.35. The van der Waals surface area contributed by atoms with E-state index in [2.05, 4.69) is 53.9 Å². The lowest BCUT2D eigenvalue weighted by Crippen LogP contribution is -2.49. The van der Waals surface area contributed by atoms with E-state index in [9.17, 15) is 32.3 Å². The lowest BCUT2D eigenvalue weighted by atomic mass is 9.95. The number of hydrogen-bond donors (Lipinski definition) is 4. The van der Waals surface area contributed by atoms with Gasteiger partial charge in [0.15, 0.2) is 0 Å². The number of primary amides is 1. The quantitative estimate of drug-likeness (QED) is 0.117. The van der Waals surface area contributed by atoms with Crippen molar-refractivity contribution in [3.8, 4) is 17.0 Å². The van der Waals surface area contributed by atoms with Gasteiger partial charge in [-0.05, 0) is 97.0 Å². The van der Waals surface area contributed by atoms with Crippen LogP contribution in [0.4, 0.5) is 46.5 Å². The van der Waals surface area contributed by atoms with Crippen molar-refractivity contribution in [2.45, 2.75) is 44.9 Å². The van der Waals surface area contributed by atoms with Crippen molar-refractivity contribution < 1.29 is 37.1 Å². The second-order valence-electron chi connectivity index (χ2n) is 17.1. The first-order valence-corrected chi connectivity index (χ1v) is 22.2. The predicted octanol–water partition coefficient (Wildman–Crippen LogP) is 6.39. The fourth-order valence-electron chi connectivity index (χ4n) is 9.47. The molecule has 5 amide bonds. The van der Waals surface area contributed by atoms with Crippen LogP contribution in [-0.4, -0.2) is 97.9 Å². The molecule has 344 valence electrons. The van der Waals surface area contributed by atoms with E-state index in [0.29, 0.717) is 43.4 Å². The Morgan fingerprint density at radius 2 is 1.53 bits per heavy atom. The summed E-state index contributed by atoms with van der Waals surface area (Å²) < 4.78 is 50.4. The average Bonchev–Trinajstić information content (AvgIpc) is 3.59. The molecule has 9 rings (SSSR count). The predicted molar refractivity (Wildman–Crippen MR) is 244 cm³/mol. The maximum Gasteiger partial charge on any atom is 0.416 e. The van der Waals surface area contributed by atoms with Crippen molar-refractivity contribution in [2.24, 2.45) is 11.7 Å². The van der Waals surface area contributed by atoms with Gasteiger partial charge in [0.1, 0.15) is 22.8 Å². The Morgan fingerprint density at radius 3 is 2.24 bits per heavy atom. The summed E-state index contributed by atoms with van der Waals surface area (Å²) in [5, 5.41) is 12.9. The lowest BCUT2D eigenvalue weighted by molar-refractivity contribution is -0.138. The maximum atomic E-state index is 14.5. The van der Waals surface area contributed by atoms with Crippen LogP contribution in [0, 0.1) is 5.92 Å². The van der Waals surface area contributed by atoms with E-state index in [1.807, 2.05) is 24.3 Å². The van der Waals surface area contributed by atoms with Gasteiger partial charge in [-0.25, -0.2) is 9.48 Å². The van der Waals surface area contributed by atoms with Gasteiger partial charge in [0.05, 0.1) is 18.2 Å². The molecular weight excluding hydrogens is 854 g/mol. The van der Waals surface area contributed by atoms with Crippen molar-refractivity contribution in [3.63, 3.8) is 0 Å². The summed E-state index contributed by atoms with van der Waals surface area (Å²) in [7, 11) is 1.40. The van der Waals surface area contributed by atoms with Gasteiger partial charge < -0.3 is 30.9 Å². The third-order valence-electron chi connectivity index (χ3n) is 13.1. The SMILES string of the molecule is COc1ccccc1C(=O)NCc1ccc(-c2nn3c(c2C(N)=O)Nc2ccc(N4CCN(CC5CCN(c6ccc(N7CCC(=O)NC7=O)cc6)CC5)CC4)cc2CC3)cc1C(F)(F)F. The summed E-state index contributed by atoms with van der Waals surface area (Å²) in [6.07, 6.45) is -1.73. The number of aromatic nitrogens is 2. The number of benzene rings is 4. The van der Waals surface area contributed by atoms with Crippen LogP contribution in [0.3, 0.4) is 0 Å². The molecular formula is C48H51F3N10O5. The van der Waals surface area contributed by atoms with Gasteiger partial charge in [-0.15, -0.1) is 0 Å². The number of carbonyl (C=O) groups excluding carboxylic acids is 4. The highest BCUT2D eigenvalue weighted by molar-refractivity contribution is 6.06. The fourth-order valence-corrected chi connectivity index (χ4v) is 9.47. The van der Waals surface area contributed by atoms with Crippen LogP contribution in [0.2, 0.25) is 0 Å². The summed E-state index contributed by atoms with van der Waals surface area (Å²) in [6.45, 7) is 6.97.